The molecule has 5 nitrogen and oxygen atoms in total. The number of amides is 2. The van der Waals surface area contributed by atoms with Crippen LogP contribution in [0.5, 0.6) is 0 Å². The van der Waals surface area contributed by atoms with Crippen LogP contribution in [-0.4, -0.2) is 41.9 Å². The number of nitrogens with two attached hydrogens (primary N) is 1. The van der Waals surface area contributed by atoms with Crippen LogP contribution < -0.4 is 11.1 Å². The van der Waals surface area contributed by atoms with Gasteiger partial charge in [-0.05, 0) is 19.3 Å². The zero-order valence-electron chi connectivity index (χ0n) is 11.0. The van der Waals surface area contributed by atoms with Gasteiger partial charge in [-0.25, -0.2) is 0 Å². The number of carbonyl (C=O) groups excluding carboxylic acids is 2. The number of hydrogen-bond donors (Lipinski definition) is 2. The zero-order valence-corrected chi connectivity index (χ0v) is 11.0. The Morgan fingerprint density at radius 2 is 1.94 bits per heavy atom. The summed E-state index contributed by atoms with van der Waals surface area (Å²) >= 11 is 0. The van der Waals surface area contributed by atoms with E-state index in [9.17, 15) is 9.59 Å². The highest BCUT2D eigenvalue weighted by Gasteiger charge is 2.35. The molecule has 1 aliphatic carbocycles. The molecule has 1 saturated heterocycles. The maximum atomic E-state index is 12.4. The van der Waals surface area contributed by atoms with Gasteiger partial charge in [-0.2, -0.15) is 0 Å². The Morgan fingerprint density at radius 3 is 2.61 bits per heavy atom. The van der Waals surface area contributed by atoms with Crippen LogP contribution in [-0.2, 0) is 9.59 Å². The van der Waals surface area contributed by atoms with Gasteiger partial charge in [0.15, 0.2) is 0 Å². The van der Waals surface area contributed by atoms with Crippen molar-refractivity contribution in [2.75, 3.05) is 13.1 Å². The van der Waals surface area contributed by atoms with Crippen molar-refractivity contribution in [1.29, 1.82) is 0 Å². The van der Waals surface area contributed by atoms with Gasteiger partial charge in [-0.15, -0.1) is 0 Å². The van der Waals surface area contributed by atoms with Gasteiger partial charge in [0.2, 0.25) is 11.8 Å². The van der Waals surface area contributed by atoms with Gasteiger partial charge in [0.25, 0.3) is 0 Å². The third-order valence-corrected chi connectivity index (χ3v) is 4.04. The lowest BCUT2D eigenvalue weighted by Crippen LogP contribution is -2.46. The van der Waals surface area contributed by atoms with Crippen LogP contribution in [0.3, 0.4) is 0 Å². The van der Waals surface area contributed by atoms with E-state index < -0.39 is 0 Å². The molecular weight excluding hydrogens is 230 g/mol. The molecule has 3 atom stereocenters. The molecule has 2 aliphatic rings. The van der Waals surface area contributed by atoms with Crippen molar-refractivity contribution in [1.82, 2.24) is 10.2 Å². The quantitative estimate of drug-likeness (QED) is 0.740. The number of nitrogens with zero attached hydrogens (tertiary/aromatic N) is 1. The molecule has 2 amide bonds. The van der Waals surface area contributed by atoms with Crippen molar-refractivity contribution in [2.24, 2.45) is 11.7 Å². The van der Waals surface area contributed by atoms with Crippen LogP contribution >= 0.6 is 0 Å². The van der Waals surface area contributed by atoms with E-state index in [4.69, 9.17) is 5.73 Å². The number of rotatable bonds is 2. The molecule has 0 radical (unpaired) electrons. The molecule has 18 heavy (non-hydrogen) atoms. The third-order valence-electron chi connectivity index (χ3n) is 4.04. The summed E-state index contributed by atoms with van der Waals surface area (Å²) in [7, 11) is 0. The molecular formula is C13H23N3O2. The normalized spacial score (nSPS) is 32.3. The number of carbonyl (C=O) groups is 2. The van der Waals surface area contributed by atoms with E-state index in [-0.39, 0.29) is 29.8 Å². The lowest BCUT2D eigenvalue weighted by Gasteiger charge is -2.31. The fourth-order valence-electron chi connectivity index (χ4n) is 3.07. The largest absolute Gasteiger partial charge is 0.352 e. The lowest BCUT2D eigenvalue weighted by molar-refractivity contribution is -0.136. The highest BCUT2D eigenvalue weighted by Crippen LogP contribution is 2.26. The topological polar surface area (TPSA) is 75.4 Å². The highest BCUT2D eigenvalue weighted by molar-refractivity contribution is 5.80. The summed E-state index contributed by atoms with van der Waals surface area (Å²) in [5.74, 6) is 0.161. The smallest absolute Gasteiger partial charge is 0.227 e. The first-order chi connectivity index (χ1) is 8.58. The maximum absolute atomic E-state index is 12.4. The first-order valence-corrected chi connectivity index (χ1v) is 6.89. The molecule has 5 heteroatoms. The Bertz CT molecular complexity index is 332. The van der Waals surface area contributed by atoms with Gasteiger partial charge in [-0.3, -0.25) is 9.59 Å². The second-order valence-electron chi connectivity index (χ2n) is 5.53. The van der Waals surface area contributed by atoms with Crippen LogP contribution in [0, 0.1) is 5.92 Å². The first kappa shape index (κ1) is 13.3. The van der Waals surface area contributed by atoms with Gasteiger partial charge in [0, 0.05) is 32.1 Å². The molecule has 1 heterocycles. The van der Waals surface area contributed by atoms with Crippen LogP contribution in [0.2, 0.25) is 0 Å². The maximum Gasteiger partial charge on any atom is 0.227 e. The Hall–Kier alpha value is -1.10. The van der Waals surface area contributed by atoms with Crippen molar-refractivity contribution >= 4 is 11.8 Å². The summed E-state index contributed by atoms with van der Waals surface area (Å²) in [6.45, 7) is 2.90. The van der Waals surface area contributed by atoms with Crippen LogP contribution in [0.25, 0.3) is 0 Å². The van der Waals surface area contributed by atoms with E-state index >= 15 is 0 Å². The average molecular weight is 253 g/mol. The summed E-state index contributed by atoms with van der Waals surface area (Å²) in [5.41, 5.74) is 6.05. The first-order valence-electron chi connectivity index (χ1n) is 6.89. The lowest BCUT2D eigenvalue weighted by atomic mass is 9.84. The number of nitrogens with one attached hydrogen (secondary N) is 1. The average Bonchev–Trinajstić information content (AvgIpc) is 2.76. The van der Waals surface area contributed by atoms with Crippen LogP contribution in [0.1, 0.15) is 39.0 Å². The summed E-state index contributed by atoms with van der Waals surface area (Å²) in [6.07, 6.45) is 4.97. The Labute approximate surface area is 108 Å². The van der Waals surface area contributed by atoms with E-state index in [1.54, 1.807) is 0 Å². The summed E-state index contributed by atoms with van der Waals surface area (Å²) in [5, 5.41) is 2.88. The molecule has 3 N–H and O–H groups in total. The fraction of sp³-hybridized carbons (Fsp3) is 0.846. The minimum absolute atomic E-state index is 0.00479. The summed E-state index contributed by atoms with van der Waals surface area (Å²) < 4.78 is 0. The second kappa shape index (κ2) is 5.69. The molecule has 1 saturated carbocycles. The zero-order chi connectivity index (χ0) is 13.1. The molecule has 3 unspecified atom stereocenters. The number of likely N-dealkylation sites (tertiary alicyclic amines) is 1. The van der Waals surface area contributed by atoms with Gasteiger partial charge < -0.3 is 16.0 Å². The van der Waals surface area contributed by atoms with Gasteiger partial charge >= 0.3 is 0 Å². The molecule has 2 fully saturated rings. The van der Waals surface area contributed by atoms with Crippen molar-refractivity contribution in [3.8, 4) is 0 Å². The SMILES string of the molecule is CC(=O)NC1CCN(C(=O)C2CCCCC2N)C1. The van der Waals surface area contributed by atoms with Gasteiger partial charge in [0.05, 0.1) is 5.92 Å². The van der Waals surface area contributed by atoms with Crippen LogP contribution in [0.15, 0.2) is 0 Å². The molecule has 2 rings (SSSR count). The molecule has 0 bridgehead atoms. The molecule has 0 aromatic heterocycles. The minimum Gasteiger partial charge on any atom is -0.352 e. The predicted octanol–water partition coefficient (Wildman–Crippen LogP) is 0.241. The van der Waals surface area contributed by atoms with Crippen molar-refractivity contribution < 1.29 is 9.59 Å². The Balaban J connectivity index is 1.88. The molecule has 1 aliphatic heterocycles. The van der Waals surface area contributed by atoms with Crippen molar-refractivity contribution in [3.05, 3.63) is 0 Å². The van der Waals surface area contributed by atoms with E-state index in [0.717, 1.165) is 38.6 Å². The van der Waals surface area contributed by atoms with E-state index in [0.29, 0.717) is 6.54 Å². The third kappa shape index (κ3) is 3.02. The summed E-state index contributed by atoms with van der Waals surface area (Å²) in [4.78, 5) is 25.2. The van der Waals surface area contributed by atoms with Gasteiger partial charge in [-0.1, -0.05) is 12.8 Å². The highest BCUT2D eigenvalue weighted by atomic mass is 16.2. The number of hydrogen-bond acceptors (Lipinski definition) is 3. The van der Waals surface area contributed by atoms with E-state index in [1.807, 2.05) is 4.90 Å². The van der Waals surface area contributed by atoms with Crippen molar-refractivity contribution in [3.63, 3.8) is 0 Å². The van der Waals surface area contributed by atoms with Crippen molar-refractivity contribution in [2.45, 2.75) is 51.1 Å². The van der Waals surface area contributed by atoms with Gasteiger partial charge in [0.1, 0.15) is 0 Å². The molecule has 102 valence electrons. The molecule has 0 aromatic rings. The monoisotopic (exact) mass is 253 g/mol. The minimum atomic E-state index is -0.0244. The Morgan fingerprint density at radius 1 is 1.22 bits per heavy atom. The second-order valence-corrected chi connectivity index (χ2v) is 5.53. The fourth-order valence-corrected chi connectivity index (χ4v) is 3.07. The van der Waals surface area contributed by atoms with E-state index in [1.165, 1.54) is 6.92 Å². The molecule has 0 aromatic carbocycles. The Kier molecular flexibility index (Phi) is 4.22. The van der Waals surface area contributed by atoms with Crippen LogP contribution in [0.4, 0.5) is 0 Å². The predicted molar refractivity (Wildman–Crippen MR) is 68.7 cm³/mol. The van der Waals surface area contributed by atoms with E-state index in [2.05, 4.69) is 5.32 Å². The standard InChI is InChI=1S/C13H23N3O2/c1-9(17)15-10-6-7-16(8-10)13(18)11-4-2-3-5-12(11)14/h10-12H,2-8,14H2,1H3,(H,15,17). The molecule has 0 spiro atoms. The summed E-state index contributed by atoms with van der Waals surface area (Å²) in [6, 6.07) is 0.136.